The maximum absolute atomic E-state index is 13.0. The molecule has 118 valence electrons. The van der Waals surface area contributed by atoms with Crippen LogP contribution in [0, 0.1) is 0 Å². The molecule has 1 aliphatic heterocycles. The third-order valence-corrected chi connectivity index (χ3v) is 3.26. The number of ether oxygens (including phenoxy) is 1. The molecular weight excluding hydrogens is 299 g/mol. The maximum Gasteiger partial charge on any atom is 0.422 e. The number of rotatable bonds is 2. The number of nitrogens with two attached hydrogens (primary N) is 1. The van der Waals surface area contributed by atoms with E-state index < -0.39 is 42.5 Å². The predicted octanol–water partition coefficient (Wildman–Crippen LogP) is -1.63. The minimum absolute atomic E-state index is 0.173. The van der Waals surface area contributed by atoms with E-state index in [9.17, 15) is 28.2 Å². The molecule has 0 aliphatic carbocycles. The Kier molecular flexibility index (Phi) is 3.70. The summed E-state index contributed by atoms with van der Waals surface area (Å²) in [5.74, 6) is -0.173. The molecule has 4 atom stereocenters. The zero-order chi connectivity index (χ0) is 16.0. The second-order valence-electron chi connectivity index (χ2n) is 4.53. The summed E-state index contributed by atoms with van der Waals surface area (Å²) in [6, 6.07) is 1.11. The molecule has 1 saturated heterocycles. The summed E-state index contributed by atoms with van der Waals surface area (Å²) >= 11 is 0. The molecule has 0 radical (unpaired) electrons. The Morgan fingerprint density at radius 3 is 2.52 bits per heavy atom. The highest BCUT2D eigenvalue weighted by molar-refractivity contribution is 5.23. The first-order valence-electron chi connectivity index (χ1n) is 5.70. The van der Waals surface area contributed by atoms with E-state index in [2.05, 4.69) is 9.72 Å². The summed E-state index contributed by atoms with van der Waals surface area (Å²) in [6.45, 7) is -1.62. The van der Waals surface area contributed by atoms with E-state index in [1.807, 2.05) is 0 Å². The Morgan fingerprint density at radius 2 is 2.10 bits per heavy atom. The third kappa shape index (κ3) is 2.27. The lowest BCUT2D eigenvalue weighted by Gasteiger charge is -2.31. The van der Waals surface area contributed by atoms with E-state index in [4.69, 9.17) is 10.8 Å². The second-order valence-corrected chi connectivity index (χ2v) is 4.53. The molecule has 2 rings (SSSR count). The number of aliphatic hydroxyl groups is 3. The quantitative estimate of drug-likeness (QED) is 0.516. The second kappa shape index (κ2) is 4.94. The molecule has 0 bridgehead atoms. The normalized spacial score (nSPS) is 33.3. The van der Waals surface area contributed by atoms with Gasteiger partial charge in [-0.15, -0.1) is 0 Å². The predicted molar refractivity (Wildman–Crippen MR) is 60.9 cm³/mol. The van der Waals surface area contributed by atoms with E-state index >= 15 is 0 Å². The number of nitrogens with zero attached hydrogens (tertiary/aromatic N) is 2. The van der Waals surface area contributed by atoms with E-state index in [0.29, 0.717) is 4.57 Å². The zero-order valence-electron chi connectivity index (χ0n) is 10.4. The topological polar surface area (TPSA) is 131 Å². The number of anilines is 1. The summed E-state index contributed by atoms with van der Waals surface area (Å²) in [5, 5.41) is 28.3. The van der Waals surface area contributed by atoms with Gasteiger partial charge in [0, 0.05) is 6.20 Å². The molecule has 5 N–H and O–H groups in total. The van der Waals surface area contributed by atoms with Crippen LogP contribution in [0.15, 0.2) is 17.1 Å². The van der Waals surface area contributed by atoms with Gasteiger partial charge < -0.3 is 25.8 Å². The standard InChI is InChI=1S/C10H12F3N3O5/c11-10(12,13)9(3-17)6(19)5(18)7(21-9)16-2-1-4(14)15-8(16)20/h1-2,5-7,17-19H,3H2,(H2,14,15,20)/t5-,6+,7-,9-/m1/s1. The average Bonchev–Trinajstić information content (AvgIpc) is 2.63. The molecular formula is C10H12F3N3O5. The van der Waals surface area contributed by atoms with Crippen molar-refractivity contribution < 1.29 is 33.2 Å². The lowest BCUT2D eigenvalue weighted by Crippen LogP contribution is -2.57. The molecule has 1 aromatic rings. The van der Waals surface area contributed by atoms with Gasteiger partial charge in [0.25, 0.3) is 0 Å². The number of hydrogen-bond acceptors (Lipinski definition) is 7. The summed E-state index contributed by atoms with van der Waals surface area (Å²) in [7, 11) is 0. The highest BCUT2D eigenvalue weighted by atomic mass is 19.4. The van der Waals surface area contributed by atoms with Crippen LogP contribution in [-0.2, 0) is 4.74 Å². The van der Waals surface area contributed by atoms with Gasteiger partial charge in [-0.25, -0.2) is 4.79 Å². The van der Waals surface area contributed by atoms with Gasteiger partial charge in [-0.1, -0.05) is 0 Å². The van der Waals surface area contributed by atoms with Gasteiger partial charge in [0.05, 0.1) is 6.61 Å². The lowest BCUT2D eigenvalue weighted by molar-refractivity contribution is -0.306. The van der Waals surface area contributed by atoms with Crippen LogP contribution in [0.4, 0.5) is 19.0 Å². The number of nitrogen functional groups attached to an aromatic ring is 1. The number of alkyl halides is 3. The molecule has 2 heterocycles. The van der Waals surface area contributed by atoms with Gasteiger partial charge >= 0.3 is 11.9 Å². The highest BCUT2D eigenvalue weighted by Gasteiger charge is 2.69. The number of halogens is 3. The fourth-order valence-corrected chi connectivity index (χ4v) is 2.08. The van der Waals surface area contributed by atoms with Crippen molar-refractivity contribution >= 4 is 5.82 Å². The van der Waals surface area contributed by atoms with Crippen molar-refractivity contribution in [2.24, 2.45) is 0 Å². The van der Waals surface area contributed by atoms with Crippen molar-refractivity contribution in [3.63, 3.8) is 0 Å². The first kappa shape index (κ1) is 15.7. The molecule has 11 heteroatoms. The van der Waals surface area contributed by atoms with E-state index in [-0.39, 0.29) is 5.82 Å². The zero-order valence-corrected chi connectivity index (χ0v) is 10.4. The van der Waals surface area contributed by atoms with Crippen LogP contribution in [0.25, 0.3) is 0 Å². The molecule has 0 unspecified atom stereocenters. The first-order chi connectivity index (χ1) is 9.64. The minimum Gasteiger partial charge on any atom is -0.393 e. The number of hydrogen-bond donors (Lipinski definition) is 4. The van der Waals surface area contributed by atoms with Crippen molar-refractivity contribution in [3.05, 3.63) is 22.7 Å². The average molecular weight is 311 g/mol. The van der Waals surface area contributed by atoms with Gasteiger partial charge in [0.15, 0.2) is 6.23 Å². The van der Waals surface area contributed by atoms with Crippen LogP contribution in [-0.4, -0.2) is 55.5 Å². The van der Waals surface area contributed by atoms with Crippen LogP contribution in [0.3, 0.4) is 0 Å². The largest absolute Gasteiger partial charge is 0.422 e. The Hall–Kier alpha value is -1.69. The van der Waals surface area contributed by atoms with Gasteiger partial charge in [0.1, 0.15) is 18.0 Å². The molecule has 1 aliphatic rings. The maximum atomic E-state index is 13.0. The first-order valence-corrected chi connectivity index (χ1v) is 5.70. The Bertz CT molecular complexity index is 592. The Balaban J connectivity index is 2.47. The monoisotopic (exact) mass is 311 g/mol. The fraction of sp³-hybridized carbons (Fsp3) is 0.600. The molecule has 8 nitrogen and oxygen atoms in total. The molecule has 0 spiro atoms. The highest BCUT2D eigenvalue weighted by Crippen LogP contribution is 2.46. The van der Waals surface area contributed by atoms with Gasteiger partial charge in [-0.05, 0) is 6.07 Å². The van der Waals surface area contributed by atoms with Gasteiger partial charge in [-0.2, -0.15) is 18.2 Å². The molecule has 0 amide bonds. The lowest BCUT2D eigenvalue weighted by atomic mass is 9.95. The minimum atomic E-state index is -5.16. The van der Waals surface area contributed by atoms with Crippen LogP contribution in [0.2, 0.25) is 0 Å². The van der Waals surface area contributed by atoms with Crippen molar-refractivity contribution in [2.45, 2.75) is 30.2 Å². The van der Waals surface area contributed by atoms with E-state index in [1.165, 1.54) is 0 Å². The molecule has 1 fully saturated rings. The summed E-state index contributed by atoms with van der Waals surface area (Å²) in [5.41, 5.74) is 0.781. The fourth-order valence-electron chi connectivity index (χ4n) is 2.08. The summed E-state index contributed by atoms with van der Waals surface area (Å²) < 4.78 is 44.2. The van der Waals surface area contributed by atoms with Gasteiger partial charge in [-0.3, -0.25) is 4.57 Å². The molecule has 1 aromatic heterocycles. The Morgan fingerprint density at radius 1 is 1.48 bits per heavy atom. The van der Waals surface area contributed by atoms with Crippen molar-refractivity contribution in [1.29, 1.82) is 0 Å². The smallest absolute Gasteiger partial charge is 0.393 e. The van der Waals surface area contributed by atoms with Crippen molar-refractivity contribution in [3.8, 4) is 0 Å². The molecule has 0 saturated carbocycles. The number of aromatic nitrogens is 2. The van der Waals surface area contributed by atoms with E-state index in [0.717, 1.165) is 12.3 Å². The van der Waals surface area contributed by atoms with E-state index in [1.54, 1.807) is 0 Å². The number of aliphatic hydroxyl groups excluding tert-OH is 3. The van der Waals surface area contributed by atoms with Crippen molar-refractivity contribution in [1.82, 2.24) is 9.55 Å². The van der Waals surface area contributed by atoms with Crippen LogP contribution >= 0.6 is 0 Å². The van der Waals surface area contributed by atoms with Gasteiger partial charge in [0.2, 0.25) is 5.60 Å². The van der Waals surface area contributed by atoms with Crippen molar-refractivity contribution in [2.75, 3.05) is 12.3 Å². The third-order valence-electron chi connectivity index (χ3n) is 3.26. The van der Waals surface area contributed by atoms with Crippen LogP contribution < -0.4 is 11.4 Å². The summed E-state index contributed by atoms with van der Waals surface area (Å²) in [6.07, 6.45) is -10.6. The SMILES string of the molecule is Nc1ccn([C@@H]2O[C@@](CO)(C(F)(F)F)[C@@H](O)[C@H]2O)c(=O)n1. The summed E-state index contributed by atoms with van der Waals surface area (Å²) in [4.78, 5) is 14.9. The molecule has 21 heavy (non-hydrogen) atoms. The Labute approximate surface area is 115 Å². The van der Waals surface area contributed by atoms with Crippen LogP contribution in [0.1, 0.15) is 6.23 Å². The molecule has 0 aromatic carbocycles. The van der Waals surface area contributed by atoms with Crippen LogP contribution in [0.5, 0.6) is 0 Å².